The SMILES string of the molecule is CC1(CNc2cnc[nH]2)CCC1. The second kappa shape index (κ2) is 2.81. The topological polar surface area (TPSA) is 40.7 Å². The van der Waals surface area contributed by atoms with Crippen molar-refractivity contribution in [2.24, 2.45) is 5.41 Å². The summed E-state index contributed by atoms with van der Waals surface area (Å²) in [7, 11) is 0. The molecule has 0 aliphatic heterocycles. The zero-order chi connectivity index (χ0) is 8.44. The molecular formula is C9H15N3. The van der Waals surface area contributed by atoms with Crippen LogP contribution in [0.25, 0.3) is 0 Å². The van der Waals surface area contributed by atoms with Crippen LogP contribution in [0.15, 0.2) is 12.5 Å². The lowest BCUT2D eigenvalue weighted by molar-refractivity contribution is 0.180. The van der Waals surface area contributed by atoms with Gasteiger partial charge < -0.3 is 10.3 Å². The molecular weight excluding hydrogens is 150 g/mol. The third kappa shape index (κ3) is 1.44. The van der Waals surface area contributed by atoms with Gasteiger partial charge in [0.1, 0.15) is 5.82 Å². The summed E-state index contributed by atoms with van der Waals surface area (Å²) in [4.78, 5) is 6.98. The molecule has 66 valence electrons. The number of H-pyrrole nitrogens is 1. The summed E-state index contributed by atoms with van der Waals surface area (Å²) in [5.41, 5.74) is 0.533. The highest BCUT2D eigenvalue weighted by Gasteiger charge is 2.31. The first kappa shape index (κ1) is 7.65. The van der Waals surface area contributed by atoms with E-state index >= 15 is 0 Å². The molecule has 0 atom stereocenters. The maximum Gasteiger partial charge on any atom is 0.123 e. The first-order valence-electron chi connectivity index (χ1n) is 4.51. The Morgan fingerprint density at radius 3 is 3.00 bits per heavy atom. The van der Waals surface area contributed by atoms with Gasteiger partial charge in [-0.1, -0.05) is 13.3 Å². The van der Waals surface area contributed by atoms with Crippen LogP contribution in [0.3, 0.4) is 0 Å². The summed E-state index contributed by atoms with van der Waals surface area (Å²) in [6.45, 7) is 3.40. The number of imidazole rings is 1. The van der Waals surface area contributed by atoms with Crippen LogP contribution in [0.2, 0.25) is 0 Å². The molecule has 1 saturated carbocycles. The number of aromatic amines is 1. The summed E-state index contributed by atoms with van der Waals surface area (Å²) in [6.07, 6.45) is 7.62. The van der Waals surface area contributed by atoms with Gasteiger partial charge in [-0.2, -0.15) is 0 Å². The fraction of sp³-hybridized carbons (Fsp3) is 0.667. The van der Waals surface area contributed by atoms with E-state index < -0.39 is 0 Å². The fourth-order valence-electron chi connectivity index (χ4n) is 1.62. The molecule has 2 rings (SSSR count). The van der Waals surface area contributed by atoms with Crippen molar-refractivity contribution in [2.45, 2.75) is 26.2 Å². The van der Waals surface area contributed by atoms with Gasteiger partial charge >= 0.3 is 0 Å². The molecule has 3 heteroatoms. The maximum atomic E-state index is 3.95. The van der Waals surface area contributed by atoms with Crippen molar-refractivity contribution >= 4 is 5.82 Å². The van der Waals surface area contributed by atoms with E-state index in [4.69, 9.17) is 0 Å². The molecule has 1 aliphatic rings. The van der Waals surface area contributed by atoms with Crippen molar-refractivity contribution in [1.82, 2.24) is 9.97 Å². The summed E-state index contributed by atoms with van der Waals surface area (Å²) in [5, 5.41) is 3.35. The Hall–Kier alpha value is -0.990. The molecule has 1 aliphatic carbocycles. The second-order valence-electron chi connectivity index (χ2n) is 3.98. The zero-order valence-corrected chi connectivity index (χ0v) is 7.43. The van der Waals surface area contributed by atoms with Crippen LogP contribution in [0.5, 0.6) is 0 Å². The van der Waals surface area contributed by atoms with Crippen molar-refractivity contribution in [1.29, 1.82) is 0 Å². The van der Waals surface area contributed by atoms with Gasteiger partial charge in [0.05, 0.1) is 12.5 Å². The van der Waals surface area contributed by atoms with E-state index in [1.54, 1.807) is 6.33 Å². The quantitative estimate of drug-likeness (QED) is 0.719. The van der Waals surface area contributed by atoms with Crippen LogP contribution in [-0.2, 0) is 0 Å². The first-order chi connectivity index (χ1) is 5.79. The molecule has 0 amide bonds. The minimum atomic E-state index is 0.533. The Kier molecular flexibility index (Phi) is 1.79. The number of nitrogens with one attached hydrogen (secondary N) is 2. The molecule has 0 aromatic carbocycles. The van der Waals surface area contributed by atoms with Gasteiger partial charge in [-0.05, 0) is 18.3 Å². The number of rotatable bonds is 3. The van der Waals surface area contributed by atoms with Crippen molar-refractivity contribution in [3.8, 4) is 0 Å². The van der Waals surface area contributed by atoms with Crippen LogP contribution in [0.4, 0.5) is 5.82 Å². The lowest BCUT2D eigenvalue weighted by Crippen LogP contribution is -2.33. The lowest BCUT2D eigenvalue weighted by atomic mass is 9.70. The third-order valence-corrected chi connectivity index (χ3v) is 2.76. The van der Waals surface area contributed by atoms with Crippen LogP contribution >= 0.6 is 0 Å². The van der Waals surface area contributed by atoms with E-state index in [0.29, 0.717) is 5.41 Å². The average Bonchev–Trinajstić information content (AvgIpc) is 2.49. The van der Waals surface area contributed by atoms with Gasteiger partial charge in [0.25, 0.3) is 0 Å². The number of hydrogen-bond donors (Lipinski definition) is 2. The van der Waals surface area contributed by atoms with Crippen LogP contribution in [0.1, 0.15) is 26.2 Å². The largest absolute Gasteiger partial charge is 0.370 e. The maximum absolute atomic E-state index is 3.95. The summed E-state index contributed by atoms with van der Waals surface area (Å²) >= 11 is 0. The monoisotopic (exact) mass is 165 g/mol. The third-order valence-electron chi connectivity index (χ3n) is 2.76. The molecule has 0 saturated heterocycles. The minimum Gasteiger partial charge on any atom is -0.370 e. The van der Waals surface area contributed by atoms with E-state index in [-0.39, 0.29) is 0 Å². The fourth-order valence-corrected chi connectivity index (χ4v) is 1.62. The Labute approximate surface area is 72.6 Å². The average molecular weight is 165 g/mol. The molecule has 1 aromatic rings. The van der Waals surface area contributed by atoms with E-state index in [9.17, 15) is 0 Å². The molecule has 3 nitrogen and oxygen atoms in total. The highest BCUT2D eigenvalue weighted by atomic mass is 15.0. The van der Waals surface area contributed by atoms with Crippen LogP contribution < -0.4 is 5.32 Å². The van der Waals surface area contributed by atoms with Gasteiger partial charge in [0, 0.05) is 6.54 Å². The Morgan fingerprint density at radius 2 is 2.50 bits per heavy atom. The summed E-state index contributed by atoms with van der Waals surface area (Å²) in [5.74, 6) is 1.03. The molecule has 1 aromatic heterocycles. The highest BCUT2D eigenvalue weighted by molar-refractivity contribution is 5.30. The van der Waals surface area contributed by atoms with E-state index in [2.05, 4.69) is 22.2 Å². The Balaban J connectivity index is 1.82. The van der Waals surface area contributed by atoms with E-state index in [0.717, 1.165) is 12.4 Å². The van der Waals surface area contributed by atoms with Crippen molar-refractivity contribution in [3.05, 3.63) is 12.5 Å². The predicted octanol–water partition coefficient (Wildman–Crippen LogP) is 2.01. The van der Waals surface area contributed by atoms with Crippen molar-refractivity contribution in [3.63, 3.8) is 0 Å². The molecule has 12 heavy (non-hydrogen) atoms. The number of aromatic nitrogens is 2. The lowest BCUT2D eigenvalue weighted by Gasteiger charge is -2.38. The molecule has 1 fully saturated rings. The predicted molar refractivity (Wildman–Crippen MR) is 49.0 cm³/mol. The van der Waals surface area contributed by atoms with Gasteiger partial charge in [0.15, 0.2) is 0 Å². The van der Waals surface area contributed by atoms with Crippen molar-refractivity contribution < 1.29 is 0 Å². The smallest absolute Gasteiger partial charge is 0.123 e. The summed E-state index contributed by atoms with van der Waals surface area (Å²) < 4.78 is 0. The van der Waals surface area contributed by atoms with E-state index in [1.165, 1.54) is 19.3 Å². The normalized spacial score (nSPS) is 20.1. The number of nitrogens with zero attached hydrogens (tertiary/aromatic N) is 1. The molecule has 0 radical (unpaired) electrons. The Bertz CT molecular complexity index is 236. The minimum absolute atomic E-state index is 0.533. The summed E-state index contributed by atoms with van der Waals surface area (Å²) in [6, 6.07) is 0. The molecule has 0 bridgehead atoms. The molecule has 0 unspecified atom stereocenters. The van der Waals surface area contributed by atoms with Crippen LogP contribution in [0, 0.1) is 5.41 Å². The first-order valence-corrected chi connectivity index (χ1v) is 4.51. The van der Waals surface area contributed by atoms with Crippen LogP contribution in [-0.4, -0.2) is 16.5 Å². The van der Waals surface area contributed by atoms with Gasteiger partial charge in [0.2, 0.25) is 0 Å². The molecule has 1 heterocycles. The van der Waals surface area contributed by atoms with Gasteiger partial charge in [-0.15, -0.1) is 0 Å². The Morgan fingerprint density at radius 1 is 1.67 bits per heavy atom. The standard InChI is InChI=1S/C9H15N3/c1-9(3-2-4-9)6-11-8-5-10-7-12-8/h5,7,11H,2-4,6H2,1H3,(H,10,12). The van der Waals surface area contributed by atoms with Gasteiger partial charge in [-0.25, -0.2) is 4.98 Å². The number of anilines is 1. The van der Waals surface area contributed by atoms with E-state index in [1.807, 2.05) is 6.20 Å². The molecule has 2 N–H and O–H groups in total. The number of hydrogen-bond acceptors (Lipinski definition) is 2. The highest BCUT2D eigenvalue weighted by Crippen LogP contribution is 2.39. The molecule has 0 spiro atoms. The zero-order valence-electron chi connectivity index (χ0n) is 7.43. The van der Waals surface area contributed by atoms with Crippen molar-refractivity contribution in [2.75, 3.05) is 11.9 Å². The van der Waals surface area contributed by atoms with Gasteiger partial charge in [-0.3, -0.25) is 0 Å². The second-order valence-corrected chi connectivity index (χ2v) is 3.98.